The number of hydrogen-bond acceptors (Lipinski definition) is 1. The van der Waals surface area contributed by atoms with E-state index in [2.05, 4.69) is 113 Å². The third-order valence-corrected chi connectivity index (χ3v) is 11.8. The smallest absolute Gasteiger partial charge is 0.139 e. The third kappa shape index (κ3) is 5.73. The Kier molecular flexibility index (Phi) is 8.32. The van der Waals surface area contributed by atoms with Crippen LogP contribution in [0.1, 0.15) is 94.2 Å². The molecule has 0 radical (unpaired) electrons. The van der Waals surface area contributed by atoms with E-state index in [9.17, 15) is 4.79 Å². The molecule has 4 aliphatic carbocycles. The first-order valence-corrected chi connectivity index (χ1v) is 17.7. The van der Waals surface area contributed by atoms with Crippen LogP contribution in [0.5, 0.6) is 0 Å². The van der Waals surface area contributed by atoms with Crippen LogP contribution in [-0.4, -0.2) is 5.78 Å². The minimum Gasteiger partial charge on any atom is -0.299 e. The minimum absolute atomic E-state index is 0.209. The molecule has 2 saturated carbocycles. The van der Waals surface area contributed by atoms with Crippen molar-refractivity contribution in [1.29, 1.82) is 0 Å². The summed E-state index contributed by atoms with van der Waals surface area (Å²) in [5.74, 6) is 2.58. The Morgan fingerprint density at radius 2 is 1.00 bits per heavy atom. The molecule has 0 heterocycles. The van der Waals surface area contributed by atoms with Gasteiger partial charge in [0.1, 0.15) is 5.78 Å². The number of Topliss-reactive ketones (excluding diaryl/α,β-unsaturated/α-hetero) is 1. The van der Waals surface area contributed by atoms with Crippen molar-refractivity contribution in [2.24, 2.45) is 23.7 Å². The number of aryl methyl sites for hydroxylation is 4. The highest BCUT2D eigenvalue weighted by molar-refractivity contribution is 5.84. The molecule has 2 fully saturated rings. The molecule has 1 spiro atoms. The summed E-state index contributed by atoms with van der Waals surface area (Å²) in [5.41, 5.74) is 15.0. The molecule has 4 aliphatic rings. The summed E-state index contributed by atoms with van der Waals surface area (Å²) in [4.78, 5) is 12.9. The highest BCUT2D eigenvalue weighted by atomic mass is 16.1. The number of carbonyl (C=O) groups excluding carboxylic acids is 1. The van der Waals surface area contributed by atoms with Crippen LogP contribution in [0, 0.1) is 51.4 Å². The Hall–Kier alpha value is -3.45. The van der Waals surface area contributed by atoms with Crippen LogP contribution in [0.25, 0.3) is 0 Å². The van der Waals surface area contributed by atoms with Gasteiger partial charge in [-0.2, -0.15) is 0 Å². The first kappa shape index (κ1) is 30.2. The van der Waals surface area contributed by atoms with Gasteiger partial charge in [-0.25, -0.2) is 0 Å². The van der Waals surface area contributed by atoms with Gasteiger partial charge in [0.2, 0.25) is 0 Å². The van der Waals surface area contributed by atoms with Crippen molar-refractivity contribution in [1.82, 2.24) is 0 Å². The van der Waals surface area contributed by atoms with Crippen LogP contribution in [0.2, 0.25) is 0 Å². The maximum Gasteiger partial charge on any atom is 0.139 e. The molecule has 4 aromatic rings. The third-order valence-electron chi connectivity index (χ3n) is 11.8. The summed E-state index contributed by atoms with van der Waals surface area (Å²) in [7, 11) is 0. The quantitative estimate of drug-likeness (QED) is 0.230. The average molecular weight is 595 g/mol. The zero-order valence-corrected chi connectivity index (χ0v) is 27.9. The van der Waals surface area contributed by atoms with Gasteiger partial charge in [0.05, 0.1) is 0 Å². The largest absolute Gasteiger partial charge is 0.299 e. The van der Waals surface area contributed by atoms with Gasteiger partial charge in [0, 0.05) is 17.3 Å². The topological polar surface area (TPSA) is 17.1 Å². The van der Waals surface area contributed by atoms with E-state index in [4.69, 9.17) is 0 Å². The highest BCUT2D eigenvalue weighted by Gasteiger charge is 2.57. The Labute approximate surface area is 271 Å². The Balaban J connectivity index is 0.000000145. The van der Waals surface area contributed by atoms with Crippen molar-refractivity contribution in [3.8, 4) is 0 Å². The molecule has 0 aromatic heterocycles. The standard InChI is InChI=1S/C22H26O.C22H24/c1-16-6-3-8-18(12-16)14-20-10-5-11-21(22(20)23)15-19-9-4-7-17(2)13-19;1-14-6-8-20-16(10-14)12-18-4-3-5-19-13-17-11-15(2)7-9-21(17)22(18,19)20/h3-4,6-9,12-13,20-21H,5,10-11,14-15H2,1-2H3;6-11,18-19H,3-5,12-13H2,1-2H3/t20-,21-;18-,19-,22?/m00/s1. The molecule has 0 aliphatic heterocycles. The SMILES string of the molecule is Cc1ccc2c(c1)C[C@@H]1CCC[C@H]3Cc4cc(C)ccc4C213.Cc1cccc(C[C@@H]2CCC[C@@H](Cc3cccc(C)c3)C2=O)c1. The minimum atomic E-state index is 0.209. The van der Waals surface area contributed by atoms with E-state index >= 15 is 0 Å². The second-order valence-electron chi connectivity index (χ2n) is 15.0. The summed E-state index contributed by atoms with van der Waals surface area (Å²) in [6.45, 7) is 8.71. The van der Waals surface area contributed by atoms with Gasteiger partial charge in [-0.1, -0.05) is 120 Å². The maximum absolute atomic E-state index is 12.9. The van der Waals surface area contributed by atoms with Crippen LogP contribution in [0.15, 0.2) is 84.9 Å². The number of ketones is 1. The second kappa shape index (κ2) is 12.4. The molecule has 1 heteroatoms. The van der Waals surface area contributed by atoms with Crippen molar-refractivity contribution >= 4 is 5.78 Å². The number of rotatable bonds is 4. The van der Waals surface area contributed by atoms with Crippen molar-refractivity contribution in [2.75, 3.05) is 0 Å². The van der Waals surface area contributed by atoms with Gasteiger partial charge in [-0.15, -0.1) is 0 Å². The Morgan fingerprint density at radius 1 is 0.556 bits per heavy atom. The van der Waals surface area contributed by atoms with Crippen LogP contribution < -0.4 is 0 Å². The molecule has 4 atom stereocenters. The highest BCUT2D eigenvalue weighted by Crippen LogP contribution is 2.62. The normalized spacial score (nSPS) is 26.3. The summed E-state index contributed by atoms with van der Waals surface area (Å²) >= 11 is 0. The second-order valence-corrected chi connectivity index (χ2v) is 15.0. The number of fused-ring (bicyclic) bond motifs is 2. The fourth-order valence-corrected chi connectivity index (χ4v) is 9.95. The van der Waals surface area contributed by atoms with Crippen LogP contribution >= 0.6 is 0 Å². The maximum atomic E-state index is 12.9. The molecule has 0 N–H and O–H groups in total. The van der Waals surface area contributed by atoms with E-state index in [1.807, 2.05) is 0 Å². The predicted octanol–water partition coefficient (Wildman–Crippen LogP) is 10.2. The van der Waals surface area contributed by atoms with Crippen molar-refractivity contribution in [3.05, 3.63) is 141 Å². The zero-order chi connectivity index (χ0) is 31.1. The van der Waals surface area contributed by atoms with E-state index < -0.39 is 0 Å². The van der Waals surface area contributed by atoms with Gasteiger partial charge in [0.15, 0.2) is 0 Å². The number of carbonyl (C=O) groups is 1. The van der Waals surface area contributed by atoms with Crippen molar-refractivity contribution < 1.29 is 4.79 Å². The van der Waals surface area contributed by atoms with Crippen LogP contribution in [0.4, 0.5) is 0 Å². The number of benzene rings is 4. The molecular weight excluding hydrogens is 544 g/mol. The van der Waals surface area contributed by atoms with Crippen LogP contribution in [0.3, 0.4) is 0 Å². The Bertz CT molecular complexity index is 1590. The van der Waals surface area contributed by atoms with Crippen LogP contribution in [-0.2, 0) is 35.9 Å². The molecule has 0 saturated heterocycles. The molecule has 0 amide bonds. The van der Waals surface area contributed by atoms with Crippen molar-refractivity contribution in [2.45, 2.75) is 97.3 Å². The molecule has 45 heavy (non-hydrogen) atoms. The molecule has 0 unspecified atom stereocenters. The summed E-state index contributed by atoms with van der Waals surface area (Å²) in [6, 6.07) is 31.7. The number of hydrogen-bond donors (Lipinski definition) is 0. The predicted molar refractivity (Wildman–Crippen MR) is 187 cm³/mol. The zero-order valence-electron chi connectivity index (χ0n) is 27.9. The lowest BCUT2D eigenvalue weighted by Gasteiger charge is -2.43. The monoisotopic (exact) mass is 594 g/mol. The van der Waals surface area contributed by atoms with E-state index in [1.54, 1.807) is 22.3 Å². The summed E-state index contributed by atoms with van der Waals surface area (Å²) in [6.07, 6.45) is 12.0. The molecular formula is C44H50O. The van der Waals surface area contributed by atoms with Crippen molar-refractivity contribution in [3.63, 3.8) is 0 Å². The molecule has 1 nitrogen and oxygen atoms in total. The van der Waals surface area contributed by atoms with Gasteiger partial charge in [0.25, 0.3) is 0 Å². The first-order chi connectivity index (χ1) is 21.8. The van der Waals surface area contributed by atoms with Gasteiger partial charge < -0.3 is 0 Å². The molecule has 8 rings (SSSR count). The van der Waals surface area contributed by atoms with E-state index in [-0.39, 0.29) is 11.8 Å². The lowest BCUT2D eigenvalue weighted by Crippen LogP contribution is -2.40. The lowest BCUT2D eigenvalue weighted by molar-refractivity contribution is -0.129. The summed E-state index contributed by atoms with van der Waals surface area (Å²) < 4.78 is 0. The van der Waals surface area contributed by atoms with E-state index in [0.29, 0.717) is 11.2 Å². The lowest BCUT2D eigenvalue weighted by atomic mass is 9.59. The van der Waals surface area contributed by atoms with Gasteiger partial charge in [-0.05, 0) is 124 Å². The molecule has 232 valence electrons. The Morgan fingerprint density at radius 3 is 1.47 bits per heavy atom. The van der Waals surface area contributed by atoms with E-state index in [0.717, 1.165) is 37.5 Å². The average Bonchev–Trinajstić information content (AvgIpc) is 3.52. The van der Waals surface area contributed by atoms with E-state index in [1.165, 1.54) is 71.9 Å². The van der Waals surface area contributed by atoms with Gasteiger partial charge >= 0.3 is 0 Å². The first-order valence-electron chi connectivity index (χ1n) is 17.7. The summed E-state index contributed by atoms with van der Waals surface area (Å²) in [5, 5.41) is 0. The fourth-order valence-electron chi connectivity index (χ4n) is 9.95. The molecule has 0 bridgehead atoms. The fraction of sp³-hybridized carbons (Fsp3) is 0.432. The molecule has 4 aromatic carbocycles. The van der Waals surface area contributed by atoms with Gasteiger partial charge in [-0.3, -0.25) is 4.79 Å².